The summed E-state index contributed by atoms with van der Waals surface area (Å²) in [6.07, 6.45) is 1.54. The molecule has 1 amide bonds. The highest BCUT2D eigenvalue weighted by molar-refractivity contribution is 5.76. The van der Waals surface area contributed by atoms with Crippen molar-refractivity contribution in [3.8, 4) is 0 Å². The van der Waals surface area contributed by atoms with Crippen molar-refractivity contribution in [1.82, 2.24) is 15.1 Å². The normalized spacial score (nSPS) is 19.7. The van der Waals surface area contributed by atoms with Crippen molar-refractivity contribution in [1.29, 1.82) is 0 Å². The third-order valence-corrected chi connectivity index (χ3v) is 3.73. The lowest BCUT2D eigenvalue weighted by Gasteiger charge is -2.32. The highest BCUT2D eigenvalue weighted by Gasteiger charge is 2.14. The van der Waals surface area contributed by atoms with E-state index in [0.717, 1.165) is 45.7 Å². The molecule has 5 heteroatoms. The third kappa shape index (κ3) is 5.80. The number of piperazine rings is 1. The van der Waals surface area contributed by atoms with Gasteiger partial charge in [-0.3, -0.25) is 9.69 Å². The van der Waals surface area contributed by atoms with Crippen LogP contribution < -0.4 is 11.1 Å². The minimum absolute atomic E-state index is 0.140. The summed E-state index contributed by atoms with van der Waals surface area (Å²) in [4.78, 5) is 16.4. The Hall–Kier alpha value is -0.650. The van der Waals surface area contributed by atoms with Crippen LogP contribution in [0.1, 0.15) is 19.8 Å². The van der Waals surface area contributed by atoms with E-state index in [0.29, 0.717) is 18.9 Å². The van der Waals surface area contributed by atoms with Crippen LogP contribution in [0.15, 0.2) is 0 Å². The summed E-state index contributed by atoms with van der Waals surface area (Å²) in [7, 11) is 2.15. The van der Waals surface area contributed by atoms with Gasteiger partial charge in [-0.2, -0.15) is 0 Å². The molecule has 1 saturated heterocycles. The van der Waals surface area contributed by atoms with Gasteiger partial charge in [-0.25, -0.2) is 0 Å². The molecule has 0 aromatic rings. The van der Waals surface area contributed by atoms with Crippen molar-refractivity contribution in [3.63, 3.8) is 0 Å². The van der Waals surface area contributed by atoms with Crippen molar-refractivity contribution in [3.05, 3.63) is 0 Å². The fraction of sp³-hybridized carbons (Fsp3) is 0.923. The van der Waals surface area contributed by atoms with Crippen LogP contribution in [0.3, 0.4) is 0 Å². The quantitative estimate of drug-likeness (QED) is 0.658. The van der Waals surface area contributed by atoms with E-state index in [9.17, 15) is 4.79 Å². The summed E-state index contributed by atoms with van der Waals surface area (Å²) >= 11 is 0. The molecule has 0 aliphatic carbocycles. The van der Waals surface area contributed by atoms with Crippen LogP contribution in [0, 0.1) is 5.92 Å². The number of nitrogens with two attached hydrogens (primary N) is 1. The number of nitrogens with zero attached hydrogens (tertiary/aromatic N) is 2. The van der Waals surface area contributed by atoms with Crippen molar-refractivity contribution < 1.29 is 4.79 Å². The van der Waals surface area contributed by atoms with Gasteiger partial charge in [0.1, 0.15) is 0 Å². The maximum atomic E-state index is 11.7. The Kier molecular flexibility index (Phi) is 7.23. The number of carbonyl (C=O) groups is 1. The van der Waals surface area contributed by atoms with E-state index in [2.05, 4.69) is 29.1 Å². The largest absolute Gasteiger partial charge is 0.355 e. The molecule has 1 fully saturated rings. The Morgan fingerprint density at radius 1 is 1.33 bits per heavy atom. The van der Waals surface area contributed by atoms with E-state index in [1.807, 2.05) is 0 Å². The molecule has 106 valence electrons. The molecule has 1 heterocycles. The second kappa shape index (κ2) is 8.45. The van der Waals surface area contributed by atoms with E-state index in [1.165, 1.54) is 0 Å². The third-order valence-electron chi connectivity index (χ3n) is 3.73. The minimum Gasteiger partial charge on any atom is -0.355 e. The molecule has 0 aromatic heterocycles. The first-order valence-electron chi connectivity index (χ1n) is 7.03. The van der Waals surface area contributed by atoms with E-state index in [1.54, 1.807) is 0 Å². The first-order chi connectivity index (χ1) is 8.65. The Morgan fingerprint density at radius 2 is 2.00 bits per heavy atom. The van der Waals surface area contributed by atoms with Gasteiger partial charge in [-0.1, -0.05) is 13.3 Å². The number of rotatable bonds is 7. The zero-order valence-corrected chi connectivity index (χ0v) is 11.8. The molecule has 5 nitrogen and oxygen atoms in total. The van der Waals surface area contributed by atoms with E-state index < -0.39 is 0 Å². The van der Waals surface area contributed by atoms with Crippen LogP contribution in [0.5, 0.6) is 0 Å². The van der Waals surface area contributed by atoms with Gasteiger partial charge >= 0.3 is 0 Å². The summed E-state index contributed by atoms with van der Waals surface area (Å²) in [6, 6.07) is 0. The molecule has 1 rings (SSSR count). The molecule has 1 unspecified atom stereocenters. The smallest absolute Gasteiger partial charge is 0.220 e. The van der Waals surface area contributed by atoms with E-state index in [-0.39, 0.29) is 5.91 Å². The number of amides is 1. The lowest BCUT2D eigenvalue weighted by Crippen LogP contribution is -2.47. The Bertz CT molecular complexity index is 235. The average Bonchev–Trinajstić information content (AvgIpc) is 2.38. The van der Waals surface area contributed by atoms with Gasteiger partial charge in [-0.05, 0) is 19.5 Å². The second-order valence-corrected chi connectivity index (χ2v) is 5.21. The van der Waals surface area contributed by atoms with E-state index >= 15 is 0 Å². The number of nitrogens with one attached hydrogen (secondary N) is 1. The van der Waals surface area contributed by atoms with Gasteiger partial charge in [0.25, 0.3) is 0 Å². The predicted molar refractivity (Wildman–Crippen MR) is 74.4 cm³/mol. The van der Waals surface area contributed by atoms with Gasteiger partial charge in [-0.15, -0.1) is 0 Å². The molecule has 1 aliphatic rings. The second-order valence-electron chi connectivity index (χ2n) is 5.21. The monoisotopic (exact) mass is 256 g/mol. The molecular weight excluding hydrogens is 228 g/mol. The van der Waals surface area contributed by atoms with Gasteiger partial charge in [0.05, 0.1) is 0 Å². The minimum atomic E-state index is 0.140. The fourth-order valence-electron chi connectivity index (χ4n) is 2.15. The first kappa shape index (κ1) is 15.4. The van der Waals surface area contributed by atoms with Gasteiger partial charge < -0.3 is 16.0 Å². The summed E-state index contributed by atoms with van der Waals surface area (Å²) in [5.74, 6) is 0.468. The number of hydrogen-bond donors (Lipinski definition) is 2. The van der Waals surface area contributed by atoms with Gasteiger partial charge in [0.15, 0.2) is 0 Å². The number of carbonyl (C=O) groups excluding carboxylic acids is 1. The van der Waals surface area contributed by atoms with Crippen LogP contribution in [0.4, 0.5) is 0 Å². The SMILES string of the molecule is CCC(CN)CC(=O)NCCN1CCN(C)CC1. The molecule has 1 aliphatic heterocycles. The maximum Gasteiger partial charge on any atom is 0.220 e. The van der Waals surface area contributed by atoms with Crippen LogP contribution in [-0.2, 0) is 4.79 Å². The standard InChI is InChI=1S/C13H28N4O/c1-3-12(11-14)10-13(18)15-4-5-17-8-6-16(2)7-9-17/h12H,3-11,14H2,1-2H3,(H,15,18). The first-order valence-corrected chi connectivity index (χ1v) is 7.03. The zero-order valence-electron chi connectivity index (χ0n) is 11.8. The lowest BCUT2D eigenvalue weighted by atomic mass is 10.0. The van der Waals surface area contributed by atoms with Crippen LogP contribution in [-0.4, -0.2) is 68.6 Å². The van der Waals surface area contributed by atoms with E-state index in [4.69, 9.17) is 5.73 Å². The van der Waals surface area contributed by atoms with Crippen molar-refractivity contribution in [2.24, 2.45) is 11.7 Å². The van der Waals surface area contributed by atoms with Crippen LogP contribution >= 0.6 is 0 Å². The topological polar surface area (TPSA) is 61.6 Å². The molecule has 0 aromatic carbocycles. The molecule has 3 N–H and O–H groups in total. The van der Waals surface area contributed by atoms with Gasteiger partial charge in [0.2, 0.25) is 5.91 Å². The van der Waals surface area contributed by atoms with Crippen LogP contribution in [0.2, 0.25) is 0 Å². The lowest BCUT2D eigenvalue weighted by molar-refractivity contribution is -0.122. The fourth-order valence-corrected chi connectivity index (χ4v) is 2.15. The highest BCUT2D eigenvalue weighted by atomic mass is 16.1. The van der Waals surface area contributed by atoms with Gasteiger partial charge in [0, 0.05) is 45.7 Å². The Morgan fingerprint density at radius 3 is 2.56 bits per heavy atom. The molecule has 0 saturated carbocycles. The average molecular weight is 256 g/mol. The molecule has 18 heavy (non-hydrogen) atoms. The highest BCUT2D eigenvalue weighted by Crippen LogP contribution is 2.05. The van der Waals surface area contributed by atoms with Crippen molar-refractivity contribution in [2.75, 3.05) is 52.9 Å². The molecule has 1 atom stereocenters. The summed E-state index contributed by atoms with van der Waals surface area (Å²) in [5.41, 5.74) is 5.60. The van der Waals surface area contributed by atoms with Crippen molar-refractivity contribution >= 4 is 5.91 Å². The summed E-state index contributed by atoms with van der Waals surface area (Å²) in [5, 5.41) is 2.99. The zero-order chi connectivity index (χ0) is 13.4. The molecule has 0 radical (unpaired) electrons. The Balaban J connectivity index is 2.08. The number of likely N-dealkylation sites (N-methyl/N-ethyl adjacent to an activating group) is 1. The number of hydrogen-bond acceptors (Lipinski definition) is 4. The summed E-state index contributed by atoms with van der Waals surface area (Å²) in [6.45, 7) is 8.84. The molecule has 0 bridgehead atoms. The maximum absolute atomic E-state index is 11.7. The Labute approximate surface area is 111 Å². The van der Waals surface area contributed by atoms with Crippen molar-refractivity contribution in [2.45, 2.75) is 19.8 Å². The molecular formula is C13H28N4O. The van der Waals surface area contributed by atoms with Crippen LogP contribution in [0.25, 0.3) is 0 Å². The summed E-state index contributed by atoms with van der Waals surface area (Å²) < 4.78 is 0. The predicted octanol–water partition coefficient (Wildman–Crippen LogP) is -0.275. The molecule has 0 spiro atoms.